The lowest BCUT2D eigenvalue weighted by Crippen LogP contribution is -2.17. The Kier molecular flexibility index (Phi) is 3.84. The fourth-order valence-corrected chi connectivity index (χ4v) is 1.85. The first-order chi connectivity index (χ1) is 9.51. The summed E-state index contributed by atoms with van der Waals surface area (Å²) < 4.78 is 13.3. The van der Waals surface area contributed by atoms with Crippen LogP contribution in [0.25, 0.3) is 0 Å². The Morgan fingerprint density at radius 2 is 2.10 bits per heavy atom. The lowest BCUT2D eigenvalue weighted by atomic mass is 10.2. The molecule has 0 saturated heterocycles. The van der Waals surface area contributed by atoms with Crippen LogP contribution in [0.1, 0.15) is 11.3 Å². The molecule has 0 fully saturated rings. The standard InChI is InChI=1S/C14H15FN4O/c1-9-6-10(14(16)18-20)7-13(17-9)19(2)12-5-3-4-11(15)8-12/h3-8,20H,1-2H3,(H2,16,18). The monoisotopic (exact) mass is 274 g/mol. The Morgan fingerprint density at radius 3 is 2.75 bits per heavy atom. The lowest BCUT2D eigenvalue weighted by Gasteiger charge is -2.19. The summed E-state index contributed by atoms with van der Waals surface area (Å²) in [5.74, 6) is 0.264. The van der Waals surface area contributed by atoms with Gasteiger partial charge in [0.05, 0.1) is 0 Å². The van der Waals surface area contributed by atoms with Gasteiger partial charge in [0.2, 0.25) is 0 Å². The fourth-order valence-electron chi connectivity index (χ4n) is 1.85. The molecule has 0 aliphatic heterocycles. The highest BCUT2D eigenvalue weighted by atomic mass is 19.1. The molecule has 5 nitrogen and oxygen atoms in total. The van der Waals surface area contributed by atoms with Crippen molar-refractivity contribution in [1.82, 2.24) is 4.98 Å². The van der Waals surface area contributed by atoms with Crippen LogP contribution in [0, 0.1) is 12.7 Å². The van der Waals surface area contributed by atoms with Gasteiger partial charge in [0.1, 0.15) is 11.6 Å². The number of hydrogen-bond donors (Lipinski definition) is 2. The lowest BCUT2D eigenvalue weighted by molar-refractivity contribution is 0.318. The summed E-state index contributed by atoms with van der Waals surface area (Å²) in [6, 6.07) is 9.57. The number of amidine groups is 1. The van der Waals surface area contributed by atoms with Crippen molar-refractivity contribution in [2.24, 2.45) is 10.9 Å². The molecule has 2 rings (SSSR count). The number of anilines is 2. The number of nitrogens with two attached hydrogens (primary N) is 1. The molecule has 0 atom stereocenters. The summed E-state index contributed by atoms with van der Waals surface area (Å²) in [7, 11) is 1.77. The van der Waals surface area contributed by atoms with Crippen molar-refractivity contribution in [3.8, 4) is 0 Å². The van der Waals surface area contributed by atoms with E-state index < -0.39 is 0 Å². The molecule has 0 radical (unpaired) electrons. The second-order valence-corrected chi connectivity index (χ2v) is 4.38. The molecule has 0 spiro atoms. The van der Waals surface area contributed by atoms with Gasteiger partial charge in [0, 0.05) is 24.0 Å². The highest BCUT2D eigenvalue weighted by molar-refractivity contribution is 5.97. The van der Waals surface area contributed by atoms with Crippen molar-refractivity contribution < 1.29 is 9.60 Å². The van der Waals surface area contributed by atoms with Gasteiger partial charge < -0.3 is 15.8 Å². The Bertz CT molecular complexity index is 657. The number of aryl methyl sites for hydroxylation is 1. The minimum Gasteiger partial charge on any atom is -0.409 e. The minimum absolute atomic E-state index is 0.00407. The maximum Gasteiger partial charge on any atom is 0.170 e. The second-order valence-electron chi connectivity index (χ2n) is 4.38. The average molecular weight is 274 g/mol. The normalized spacial score (nSPS) is 11.4. The zero-order valence-electron chi connectivity index (χ0n) is 11.2. The molecule has 0 saturated carbocycles. The van der Waals surface area contributed by atoms with Gasteiger partial charge in [0.15, 0.2) is 5.84 Å². The molecular weight excluding hydrogens is 259 g/mol. The van der Waals surface area contributed by atoms with Gasteiger partial charge in [-0.15, -0.1) is 0 Å². The molecule has 1 aromatic carbocycles. The number of aromatic nitrogens is 1. The fraction of sp³-hybridized carbons (Fsp3) is 0.143. The first kappa shape index (κ1) is 13.8. The molecule has 0 unspecified atom stereocenters. The number of hydrogen-bond acceptors (Lipinski definition) is 4. The highest BCUT2D eigenvalue weighted by Gasteiger charge is 2.10. The first-order valence-corrected chi connectivity index (χ1v) is 5.97. The SMILES string of the molecule is Cc1cc(/C(N)=N/O)cc(N(C)c2cccc(F)c2)n1. The maximum atomic E-state index is 13.3. The average Bonchev–Trinajstić information content (AvgIpc) is 2.45. The Balaban J connectivity index is 2.44. The van der Waals surface area contributed by atoms with Crippen LogP contribution >= 0.6 is 0 Å². The predicted molar refractivity (Wildman–Crippen MR) is 75.9 cm³/mol. The van der Waals surface area contributed by atoms with Gasteiger partial charge in [-0.1, -0.05) is 11.2 Å². The van der Waals surface area contributed by atoms with Gasteiger partial charge in [-0.2, -0.15) is 0 Å². The van der Waals surface area contributed by atoms with E-state index in [4.69, 9.17) is 10.9 Å². The van der Waals surface area contributed by atoms with Gasteiger partial charge >= 0.3 is 0 Å². The molecule has 6 heteroatoms. The van der Waals surface area contributed by atoms with Crippen LogP contribution in [-0.2, 0) is 0 Å². The van der Waals surface area contributed by atoms with Crippen LogP contribution in [0.4, 0.5) is 15.9 Å². The van der Waals surface area contributed by atoms with Crippen molar-refractivity contribution >= 4 is 17.3 Å². The predicted octanol–water partition coefficient (Wildman–Crippen LogP) is 2.39. The molecule has 1 heterocycles. The van der Waals surface area contributed by atoms with Gasteiger partial charge in [-0.05, 0) is 37.3 Å². The summed E-state index contributed by atoms with van der Waals surface area (Å²) in [4.78, 5) is 6.09. The van der Waals surface area contributed by atoms with Crippen LogP contribution in [0.2, 0.25) is 0 Å². The molecule has 0 amide bonds. The molecule has 20 heavy (non-hydrogen) atoms. The number of oxime groups is 1. The smallest absolute Gasteiger partial charge is 0.170 e. The topological polar surface area (TPSA) is 74.7 Å². The molecule has 0 aliphatic rings. The van der Waals surface area contributed by atoms with E-state index in [1.54, 1.807) is 43.1 Å². The number of rotatable bonds is 3. The molecule has 1 aromatic heterocycles. The minimum atomic E-state index is -0.321. The highest BCUT2D eigenvalue weighted by Crippen LogP contribution is 2.23. The van der Waals surface area contributed by atoms with E-state index in [0.717, 1.165) is 0 Å². The summed E-state index contributed by atoms with van der Waals surface area (Å²) in [5.41, 5.74) is 7.52. The van der Waals surface area contributed by atoms with Crippen LogP contribution in [0.15, 0.2) is 41.6 Å². The second kappa shape index (κ2) is 5.56. The van der Waals surface area contributed by atoms with E-state index >= 15 is 0 Å². The molecule has 104 valence electrons. The van der Waals surface area contributed by atoms with E-state index in [1.807, 2.05) is 0 Å². The van der Waals surface area contributed by atoms with Crippen molar-refractivity contribution in [3.63, 3.8) is 0 Å². The molecule has 0 aliphatic carbocycles. The van der Waals surface area contributed by atoms with Crippen LogP contribution < -0.4 is 10.6 Å². The van der Waals surface area contributed by atoms with Crippen LogP contribution in [-0.4, -0.2) is 23.1 Å². The van der Waals surface area contributed by atoms with E-state index in [2.05, 4.69) is 10.1 Å². The Morgan fingerprint density at radius 1 is 1.35 bits per heavy atom. The summed E-state index contributed by atoms with van der Waals surface area (Å²) in [5, 5.41) is 11.7. The Labute approximate surface area is 116 Å². The molecule has 0 bridgehead atoms. The van der Waals surface area contributed by atoms with Crippen molar-refractivity contribution in [2.45, 2.75) is 6.92 Å². The van der Waals surface area contributed by atoms with E-state index in [9.17, 15) is 4.39 Å². The molecular formula is C14H15FN4O. The van der Waals surface area contributed by atoms with E-state index in [1.165, 1.54) is 12.1 Å². The molecule has 3 N–H and O–H groups in total. The zero-order valence-corrected chi connectivity index (χ0v) is 11.2. The van der Waals surface area contributed by atoms with E-state index in [-0.39, 0.29) is 11.7 Å². The number of benzene rings is 1. The van der Waals surface area contributed by atoms with Crippen LogP contribution in [0.5, 0.6) is 0 Å². The zero-order chi connectivity index (χ0) is 14.7. The van der Waals surface area contributed by atoms with Crippen molar-refractivity contribution in [3.05, 3.63) is 53.5 Å². The Hall–Kier alpha value is -2.63. The van der Waals surface area contributed by atoms with Crippen LogP contribution in [0.3, 0.4) is 0 Å². The summed E-state index contributed by atoms with van der Waals surface area (Å²) in [6.07, 6.45) is 0. The maximum absolute atomic E-state index is 13.3. The van der Waals surface area contributed by atoms with Crippen molar-refractivity contribution in [1.29, 1.82) is 0 Å². The number of halogens is 1. The van der Waals surface area contributed by atoms with Gasteiger partial charge in [-0.25, -0.2) is 9.37 Å². The number of pyridine rings is 1. The third-order valence-electron chi connectivity index (χ3n) is 2.88. The van der Waals surface area contributed by atoms with Gasteiger partial charge in [-0.3, -0.25) is 0 Å². The third kappa shape index (κ3) is 2.85. The van der Waals surface area contributed by atoms with Crippen molar-refractivity contribution in [2.75, 3.05) is 11.9 Å². The van der Waals surface area contributed by atoms with Gasteiger partial charge in [0.25, 0.3) is 0 Å². The summed E-state index contributed by atoms with van der Waals surface area (Å²) in [6.45, 7) is 1.80. The number of nitrogens with zero attached hydrogens (tertiary/aromatic N) is 3. The molecule has 2 aromatic rings. The third-order valence-corrected chi connectivity index (χ3v) is 2.88. The quantitative estimate of drug-likeness (QED) is 0.390. The van der Waals surface area contributed by atoms with E-state index in [0.29, 0.717) is 22.8 Å². The summed E-state index contributed by atoms with van der Waals surface area (Å²) >= 11 is 0. The largest absolute Gasteiger partial charge is 0.409 e. The first-order valence-electron chi connectivity index (χ1n) is 5.97.